The lowest BCUT2D eigenvalue weighted by atomic mass is 10.2. The predicted molar refractivity (Wildman–Crippen MR) is 113 cm³/mol. The van der Waals surface area contributed by atoms with Crippen molar-refractivity contribution in [2.45, 2.75) is 11.3 Å². The summed E-state index contributed by atoms with van der Waals surface area (Å²) in [4.78, 5) is 23.5. The number of carbonyl (C=O) groups excluding carboxylic acids is 2. The van der Waals surface area contributed by atoms with E-state index in [-0.39, 0.29) is 40.9 Å². The summed E-state index contributed by atoms with van der Waals surface area (Å²) < 4.78 is 27.7. The van der Waals surface area contributed by atoms with Crippen LogP contribution in [-0.4, -0.2) is 33.3 Å². The molecule has 0 fully saturated rings. The van der Waals surface area contributed by atoms with Crippen molar-refractivity contribution in [2.24, 2.45) is 0 Å². The minimum Gasteiger partial charge on any atom is -0.352 e. The van der Waals surface area contributed by atoms with Gasteiger partial charge in [-0.3, -0.25) is 14.3 Å². The highest BCUT2D eigenvalue weighted by Gasteiger charge is 2.20. The number of terminal acetylenes is 1. The quantitative estimate of drug-likeness (QED) is 0.534. The van der Waals surface area contributed by atoms with Gasteiger partial charge in [0.15, 0.2) is 0 Å². The number of benzene rings is 2. The molecule has 2 aromatic rings. The first-order valence-electron chi connectivity index (χ1n) is 8.29. The monoisotopic (exact) mass is 453 g/mol. The zero-order chi connectivity index (χ0) is 21.4. The number of hydrogen-bond donors (Lipinski definition) is 3. The number of hydrogen-bond acceptors (Lipinski definition) is 4. The lowest BCUT2D eigenvalue weighted by Gasteiger charge is -2.11. The zero-order valence-corrected chi connectivity index (χ0v) is 17.4. The minimum atomic E-state index is -4.05. The molecule has 10 heteroatoms. The van der Waals surface area contributed by atoms with Crippen LogP contribution in [0.3, 0.4) is 0 Å². The lowest BCUT2D eigenvalue weighted by Crippen LogP contribution is -2.31. The minimum absolute atomic E-state index is 0.0320. The molecule has 0 aromatic heterocycles. The van der Waals surface area contributed by atoms with Gasteiger partial charge < -0.3 is 10.6 Å². The van der Waals surface area contributed by atoms with Gasteiger partial charge in [0, 0.05) is 29.2 Å². The Bertz CT molecular complexity index is 1050. The molecule has 0 aliphatic heterocycles. The highest BCUT2D eigenvalue weighted by Crippen LogP contribution is 2.25. The van der Waals surface area contributed by atoms with E-state index < -0.39 is 15.9 Å². The number of anilines is 1. The Labute approximate surface area is 178 Å². The highest BCUT2D eigenvalue weighted by molar-refractivity contribution is 7.92. The van der Waals surface area contributed by atoms with Crippen molar-refractivity contribution in [1.82, 2.24) is 10.6 Å². The van der Waals surface area contributed by atoms with Gasteiger partial charge in [-0.25, -0.2) is 8.42 Å². The van der Waals surface area contributed by atoms with E-state index in [0.29, 0.717) is 10.7 Å². The number of nitrogens with one attached hydrogen (secondary N) is 3. The summed E-state index contributed by atoms with van der Waals surface area (Å²) in [7, 11) is -4.05. The molecule has 29 heavy (non-hydrogen) atoms. The molecule has 0 heterocycles. The van der Waals surface area contributed by atoms with Crippen LogP contribution in [0.15, 0.2) is 47.4 Å². The van der Waals surface area contributed by atoms with Gasteiger partial charge in [-0.1, -0.05) is 29.1 Å². The van der Waals surface area contributed by atoms with Crippen LogP contribution >= 0.6 is 23.2 Å². The zero-order valence-electron chi connectivity index (χ0n) is 15.0. The molecule has 3 N–H and O–H groups in total. The van der Waals surface area contributed by atoms with E-state index in [1.165, 1.54) is 36.4 Å². The van der Waals surface area contributed by atoms with E-state index in [0.717, 1.165) is 6.07 Å². The van der Waals surface area contributed by atoms with Gasteiger partial charge in [0.25, 0.3) is 15.9 Å². The Kier molecular flexibility index (Phi) is 7.91. The van der Waals surface area contributed by atoms with Gasteiger partial charge in [-0.05, 0) is 42.5 Å². The molecule has 7 nitrogen and oxygen atoms in total. The molecule has 2 amide bonds. The molecule has 0 aliphatic carbocycles. The smallest absolute Gasteiger partial charge is 0.263 e. The summed E-state index contributed by atoms with van der Waals surface area (Å²) in [5.74, 6) is 1.41. The second-order valence-electron chi connectivity index (χ2n) is 5.74. The summed E-state index contributed by atoms with van der Waals surface area (Å²) >= 11 is 11.8. The fourth-order valence-electron chi connectivity index (χ4n) is 2.21. The maximum absolute atomic E-state index is 12.7. The molecule has 0 saturated heterocycles. The van der Waals surface area contributed by atoms with Crippen molar-refractivity contribution >= 4 is 50.7 Å². The number of amides is 2. The molecule has 0 aliphatic rings. The van der Waals surface area contributed by atoms with E-state index in [9.17, 15) is 18.0 Å². The van der Waals surface area contributed by atoms with Crippen LogP contribution in [0.25, 0.3) is 0 Å². The average molecular weight is 454 g/mol. The van der Waals surface area contributed by atoms with Gasteiger partial charge in [0.05, 0.1) is 11.6 Å². The van der Waals surface area contributed by atoms with E-state index >= 15 is 0 Å². The van der Waals surface area contributed by atoms with Crippen molar-refractivity contribution < 1.29 is 18.0 Å². The maximum atomic E-state index is 12.7. The molecule has 2 aromatic carbocycles. The standard InChI is InChI=1S/C19H17Cl2N3O4S/c1-2-10-22-18(25)9-11-23-19(26)13-3-8-16(21)17(12-13)29(27,28)24-15-6-4-14(20)5-7-15/h1,3-8,12,24H,9-11H2,(H,22,25)(H,23,26). The van der Waals surface area contributed by atoms with Gasteiger partial charge >= 0.3 is 0 Å². The van der Waals surface area contributed by atoms with Crippen LogP contribution in [0.1, 0.15) is 16.8 Å². The van der Waals surface area contributed by atoms with Crippen molar-refractivity contribution in [3.63, 3.8) is 0 Å². The normalized spacial score (nSPS) is 10.7. The van der Waals surface area contributed by atoms with Crippen LogP contribution in [-0.2, 0) is 14.8 Å². The first kappa shape index (κ1) is 22.6. The molecule has 2 rings (SSSR count). The van der Waals surface area contributed by atoms with Gasteiger partial charge in [-0.15, -0.1) is 6.42 Å². The van der Waals surface area contributed by atoms with Crippen LogP contribution < -0.4 is 15.4 Å². The Morgan fingerprint density at radius 2 is 1.72 bits per heavy atom. The van der Waals surface area contributed by atoms with Crippen LogP contribution in [0.5, 0.6) is 0 Å². The van der Waals surface area contributed by atoms with Crippen molar-refractivity contribution in [3.8, 4) is 12.3 Å². The second kappa shape index (κ2) is 10.2. The van der Waals surface area contributed by atoms with Crippen LogP contribution in [0.2, 0.25) is 10.0 Å². The number of rotatable bonds is 8. The third-order valence-electron chi connectivity index (χ3n) is 3.60. The van der Waals surface area contributed by atoms with Gasteiger partial charge in [0.1, 0.15) is 4.90 Å². The molecule has 0 unspecified atom stereocenters. The van der Waals surface area contributed by atoms with Crippen molar-refractivity contribution in [1.29, 1.82) is 0 Å². The van der Waals surface area contributed by atoms with E-state index in [1.54, 1.807) is 0 Å². The first-order chi connectivity index (χ1) is 13.7. The Hall–Kier alpha value is -2.73. The second-order valence-corrected chi connectivity index (χ2v) is 8.24. The molecule has 0 radical (unpaired) electrons. The van der Waals surface area contributed by atoms with Crippen LogP contribution in [0, 0.1) is 12.3 Å². The van der Waals surface area contributed by atoms with E-state index in [2.05, 4.69) is 21.3 Å². The molecule has 0 atom stereocenters. The molecule has 0 spiro atoms. The molecular weight excluding hydrogens is 437 g/mol. The summed E-state index contributed by atoms with van der Waals surface area (Å²) in [6.45, 7) is 0.161. The van der Waals surface area contributed by atoms with Crippen molar-refractivity contribution in [3.05, 3.63) is 58.1 Å². The number of carbonyl (C=O) groups is 2. The summed E-state index contributed by atoms with van der Waals surface area (Å²) in [5.41, 5.74) is 0.369. The average Bonchev–Trinajstić information content (AvgIpc) is 2.68. The summed E-state index contributed by atoms with van der Waals surface area (Å²) in [6.07, 6.45) is 5.07. The third kappa shape index (κ3) is 6.68. The van der Waals surface area contributed by atoms with Gasteiger partial charge in [0.2, 0.25) is 5.91 Å². The van der Waals surface area contributed by atoms with Crippen LogP contribution in [0.4, 0.5) is 5.69 Å². The topological polar surface area (TPSA) is 104 Å². The van der Waals surface area contributed by atoms with E-state index in [1.807, 2.05) is 0 Å². The van der Waals surface area contributed by atoms with E-state index in [4.69, 9.17) is 29.6 Å². The first-order valence-corrected chi connectivity index (χ1v) is 10.5. The Balaban J connectivity index is 2.10. The Morgan fingerprint density at radius 1 is 1.03 bits per heavy atom. The largest absolute Gasteiger partial charge is 0.352 e. The molecule has 152 valence electrons. The lowest BCUT2D eigenvalue weighted by molar-refractivity contribution is -0.120. The van der Waals surface area contributed by atoms with Gasteiger partial charge in [-0.2, -0.15) is 0 Å². The summed E-state index contributed by atoms with van der Waals surface area (Å²) in [6, 6.07) is 9.92. The predicted octanol–water partition coefficient (Wildman–Crippen LogP) is 2.66. The fraction of sp³-hybridized carbons (Fsp3) is 0.158. The van der Waals surface area contributed by atoms with Crippen molar-refractivity contribution in [2.75, 3.05) is 17.8 Å². The Morgan fingerprint density at radius 3 is 2.38 bits per heavy atom. The maximum Gasteiger partial charge on any atom is 0.263 e. The fourth-order valence-corrected chi connectivity index (χ4v) is 3.92. The third-order valence-corrected chi connectivity index (χ3v) is 5.72. The number of halogens is 2. The number of sulfonamides is 1. The summed E-state index contributed by atoms with van der Waals surface area (Å²) in [5, 5.41) is 5.42. The highest BCUT2D eigenvalue weighted by atomic mass is 35.5. The molecule has 0 saturated carbocycles. The molecular formula is C19H17Cl2N3O4S. The SMILES string of the molecule is C#CCNC(=O)CCNC(=O)c1ccc(Cl)c(S(=O)(=O)Nc2ccc(Cl)cc2)c1. The molecule has 0 bridgehead atoms.